The lowest BCUT2D eigenvalue weighted by Gasteiger charge is -2.23. The zero-order valence-corrected chi connectivity index (χ0v) is 18.6. The van der Waals surface area contributed by atoms with Crippen LogP contribution in [0.15, 0.2) is 4.99 Å². The van der Waals surface area contributed by atoms with Crippen molar-refractivity contribution >= 4 is 48.2 Å². The van der Waals surface area contributed by atoms with Crippen LogP contribution >= 0.6 is 12.6 Å². The van der Waals surface area contributed by atoms with E-state index in [0.29, 0.717) is 6.42 Å². The Labute approximate surface area is 190 Å². The van der Waals surface area contributed by atoms with Gasteiger partial charge in [-0.3, -0.25) is 24.2 Å². The molecule has 0 bridgehead atoms. The highest BCUT2D eigenvalue weighted by atomic mass is 32.1. The van der Waals surface area contributed by atoms with E-state index in [0.717, 1.165) is 0 Å². The third-order valence-electron chi connectivity index (χ3n) is 4.17. The van der Waals surface area contributed by atoms with Crippen molar-refractivity contribution in [1.29, 1.82) is 0 Å². The molecule has 0 fully saturated rings. The molecule has 4 atom stereocenters. The van der Waals surface area contributed by atoms with Crippen molar-refractivity contribution in [2.24, 2.45) is 27.9 Å². The van der Waals surface area contributed by atoms with E-state index in [-0.39, 0.29) is 37.5 Å². The van der Waals surface area contributed by atoms with Crippen LogP contribution in [0.2, 0.25) is 0 Å². The van der Waals surface area contributed by atoms with Gasteiger partial charge in [0.05, 0.1) is 6.04 Å². The van der Waals surface area contributed by atoms with E-state index in [1.807, 2.05) is 0 Å². The first kappa shape index (κ1) is 28.9. The summed E-state index contributed by atoms with van der Waals surface area (Å²) >= 11 is 3.88. The summed E-state index contributed by atoms with van der Waals surface area (Å²) in [7, 11) is 0. The number of carboxylic acid groups (broad SMARTS) is 1. The summed E-state index contributed by atoms with van der Waals surface area (Å²) in [4.78, 5) is 62.8. The van der Waals surface area contributed by atoms with E-state index in [1.165, 1.54) is 6.92 Å². The van der Waals surface area contributed by atoms with Gasteiger partial charge in [0.25, 0.3) is 0 Å². The summed E-state index contributed by atoms with van der Waals surface area (Å²) in [6.07, 6.45) is 0.300. The number of aliphatic imine (C=N–C) groups is 1. The SMILES string of the molecule is CC(NC(=O)C(N)CCC(N)=O)C(=O)NC(CCCN=C(N)N)C(=O)NC(CS)C(=O)O. The molecule has 0 aliphatic carbocycles. The molecule has 0 aromatic carbocycles. The number of nitrogens with two attached hydrogens (primary N) is 4. The van der Waals surface area contributed by atoms with Crippen molar-refractivity contribution in [1.82, 2.24) is 16.0 Å². The average molecular weight is 477 g/mol. The first-order chi connectivity index (χ1) is 14.9. The molecule has 0 aromatic rings. The Bertz CT molecular complexity index is 715. The average Bonchev–Trinajstić information content (AvgIpc) is 2.71. The van der Waals surface area contributed by atoms with Crippen LogP contribution in [0, 0.1) is 0 Å². The van der Waals surface area contributed by atoms with Gasteiger partial charge in [-0.2, -0.15) is 12.6 Å². The third-order valence-corrected chi connectivity index (χ3v) is 4.53. The molecule has 0 aromatic heterocycles. The van der Waals surface area contributed by atoms with Crippen LogP contribution in [0.3, 0.4) is 0 Å². The maximum Gasteiger partial charge on any atom is 0.327 e. The largest absolute Gasteiger partial charge is 0.480 e. The number of carbonyl (C=O) groups excluding carboxylic acids is 4. The van der Waals surface area contributed by atoms with Crippen molar-refractivity contribution in [2.75, 3.05) is 12.3 Å². The zero-order valence-electron chi connectivity index (χ0n) is 17.7. The number of amides is 4. The Hall–Kier alpha value is -3.07. The Morgan fingerprint density at radius 3 is 2.03 bits per heavy atom. The minimum absolute atomic E-state index is 0.00559. The first-order valence-electron chi connectivity index (χ1n) is 9.73. The minimum Gasteiger partial charge on any atom is -0.480 e. The number of guanidine groups is 1. The molecule has 0 aliphatic rings. The third kappa shape index (κ3) is 11.9. The fourth-order valence-corrected chi connectivity index (χ4v) is 2.59. The van der Waals surface area contributed by atoms with E-state index in [1.54, 1.807) is 0 Å². The number of nitrogens with zero attached hydrogens (tertiary/aromatic N) is 1. The topological polar surface area (TPSA) is 258 Å². The number of hydrogen-bond donors (Lipinski definition) is 9. The lowest BCUT2D eigenvalue weighted by atomic mass is 10.1. The van der Waals surface area contributed by atoms with Crippen LogP contribution in [0.1, 0.15) is 32.6 Å². The highest BCUT2D eigenvalue weighted by molar-refractivity contribution is 7.80. The van der Waals surface area contributed by atoms with Gasteiger partial charge in [0, 0.05) is 18.7 Å². The molecule has 0 rings (SSSR count). The summed E-state index contributed by atoms with van der Waals surface area (Å²) in [6.45, 7) is 1.55. The standard InChI is InChI=1S/C17H32N8O6S/c1-8(23-14(28)9(18)4-5-12(19)26)13(27)24-10(3-2-6-22-17(20)21)15(29)25-11(7-32)16(30)31/h8-11,32H,2-7,18H2,1H3,(H2,19,26)(H,23,28)(H,24,27)(H,25,29)(H,30,31)(H4,20,21,22). The second-order valence-corrected chi connectivity index (χ2v) is 7.30. The van der Waals surface area contributed by atoms with Gasteiger partial charge in [0.2, 0.25) is 23.6 Å². The quantitative estimate of drug-likeness (QED) is 0.0483. The van der Waals surface area contributed by atoms with E-state index < -0.39 is 53.8 Å². The molecule has 0 saturated carbocycles. The molecular formula is C17H32N8O6S. The van der Waals surface area contributed by atoms with E-state index in [9.17, 15) is 24.0 Å². The fraction of sp³-hybridized carbons (Fsp3) is 0.647. The van der Waals surface area contributed by atoms with Gasteiger partial charge < -0.3 is 44.0 Å². The summed E-state index contributed by atoms with van der Waals surface area (Å²) in [5.41, 5.74) is 21.2. The molecule has 15 heteroatoms. The minimum atomic E-state index is -1.29. The number of carboxylic acids is 1. The summed E-state index contributed by atoms with van der Waals surface area (Å²) in [5.74, 6) is -4.34. The number of aliphatic carboxylic acids is 1. The van der Waals surface area contributed by atoms with Crippen LogP contribution in [0.4, 0.5) is 0 Å². The van der Waals surface area contributed by atoms with Gasteiger partial charge in [0.1, 0.15) is 18.1 Å². The van der Waals surface area contributed by atoms with Gasteiger partial charge in [-0.15, -0.1) is 0 Å². The molecule has 32 heavy (non-hydrogen) atoms. The summed E-state index contributed by atoms with van der Waals surface area (Å²) in [5, 5.41) is 16.2. The molecule has 14 nitrogen and oxygen atoms in total. The molecule has 4 unspecified atom stereocenters. The van der Waals surface area contributed by atoms with E-state index in [2.05, 4.69) is 33.6 Å². The van der Waals surface area contributed by atoms with Crippen LogP contribution in [-0.4, -0.2) is 77.1 Å². The highest BCUT2D eigenvalue weighted by Crippen LogP contribution is 2.02. The molecule has 0 spiro atoms. The van der Waals surface area contributed by atoms with Crippen molar-refractivity contribution in [3.63, 3.8) is 0 Å². The predicted molar refractivity (Wildman–Crippen MR) is 119 cm³/mol. The number of hydrogen-bond acceptors (Lipinski definition) is 8. The van der Waals surface area contributed by atoms with Crippen molar-refractivity contribution in [2.45, 2.75) is 56.8 Å². The lowest BCUT2D eigenvalue weighted by Crippen LogP contribution is -2.56. The number of rotatable bonds is 15. The number of thiol groups is 1. The molecular weight excluding hydrogens is 444 g/mol. The zero-order chi connectivity index (χ0) is 24.8. The van der Waals surface area contributed by atoms with Gasteiger partial charge in [-0.1, -0.05) is 0 Å². The summed E-state index contributed by atoms with van der Waals surface area (Å²) in [6, 6.07) is -4.51. The van der Waals surface area contributed by atoms with Gasteiger partial charge in [-0.05, 0) is 26.2 Å². The van der Waals surface area contributed by atoms with Crippen molar-refractivity contribution < 1.29 is 29.1 Å². The Morgan fingerprint density at radius 1 is 0.938 bits per heavy atom. The predicted octanol–water partition coefficient (Wildman–Crippen LogP) is -3.88. The second-order valence-electron chi connectivity index (χ2n) is 6.93. The normalized spacial score (nSPS) is 14.2. The summed E-state index contributed by atoms with van der Waals surface area (Å²) < 4.78 is 0. The van der Waals surface area contributed by atoms with E-state index >= 15 is 0 Å². The van der Waals surface area contributed by atoms with Crippen molar-refractivity contribution in [3.8, 4) is 0 Å². The Morgan fingerprint density at radius 2 is 1.53 bits per heavy atom. The first-order valence-corrected chi connectivity index (χ1v) is 10.4. The molecule has 0 saturated heterocycles. The smallest absolute Gasteiger partial charge is 0.327 e. The van der Waals surface area contributed by atoms with Crippen LogP contribution in [0.25, 0.3) is 0 Å². The van der Waals surface area contributed by atoms with Gasteiger partial charge in [-0.25, -0.2) is 4.79 Å². The maximum absolute atomic E-state index is 12.5. The van der Waals surface area contributed by atoms with E-state index in [4.69, 9.17) is 28.0 Å². The Balaban J connectivity index is 5.08. The Kier molecular flexibility index (Phi) is 13.4. The molecule has 12 N–H and O–H groups in total. The monoisotopic (exact) mass is 476 g/mol. The molecule has 182 valence electrons. The highest BCUT2D eigenvalue weighted by Gasteiger charge is 2.28. The molecule has 0 radical (unpaired) electrons. The number of nitrogens with one attached hydrogen (secondary N) is 3. The van der Waals surface area contributed by atoms with Crippen LogP contribution < -0.4 is 38.9 Å². The van der Waals surface area contributed by atoms with Crippen LogP contribution in [-0.2, 0) is 24.0 Å². The molecule has 4 amide bonds. The lowest BCUT2D eigenvalue weighted by molar-refractivity contribution is -0.141. The maximum atomic E-state index is 12.5. The number of carbonyl (C=O) groups is 5. The van der Waals surface area contributed by atoms with Crippen molar-refractivity contribution in [3.05, 3.63) is 0 Å². The van der Waals surface area contributed by atoms with Crippen LogP contribution in [0.5, 0.6) is 0 Å². The van der Waals surface area contributed by atoms with Gasteiger partial charge >= 0.3 is 5.97 Å². The second kappa shape index (κ2) is 14.9. The molecule has 0 heterocycles. The molecule has 0 aliphatic heterocycles. The van der Waals surface area contributed by atoms with Gasteiger partial charge in [0.15, 0.2) is 5.96 Å². The fourth-order valence-electron chi connectivity index (χ4n) is 2.34. The number of primary amides is 1.